The van der Waals surface area contributed by atoms with E-state index in [1.54, 1.807) is 18.2 Å². The Morgan fingerprint density at radius 3 is 2.30 bits per heavy atom. The van der Waals surface area contributed by atoms with Gasteiger partial charge in [-0.25, -0.2) is 14.6 Å². The minimum atomic E-state index is -0.991. The number of carboxylic acid groups (broad SMARTS) is 2. The molecule has 0 spiro atoms. The van der Waals surface area contributed by atoms with Crippen LogP contribution in [0.25, 0.3) is 11.0 Å². The highest BCUT2D eigenvalue weighted by atomic mass is 16.4. The molecule has 7 heteroatoms. The average Bonchev–Trinajstić information content (AvgIpc) is 2.95. The normalized spacial score (nSPS) is 10.6. The Morgan fingerprint density at radius 1 is 1.00 bits per heavy atom. The number of benzene rings is 2. The summed E-state index contributed by atoms with van der Waals surface area (Å²) in [6, 6.07) is 11.2. The lowest BCUT2D eigenvalue weighted by atomic mass is 10.1. The lowest BCUT2D eigenvalue weighted by Gasteiger charge is -2.03. The van der Waals surface area contributed by atoms with E-state index in [0.717, 1.165) is 5.56 Å². The molecule has 0 radical (unpaired) electrons. The Kier molecular flexibility index (Phi) is 3.68. The van der Waals surface area contributed by atoms with Gasteiger partial charge in [-0.3, -0.25) is 0 Å². The van der Waals surface area contributed by atoms with Crippen molar-refractivity contribution in [1.82, 2.24) is 9.97 Å². The first kappa shape index (κ1) is 14.6. The van der Waals surface area contributed by atoms with Gasteiger partial charge in [0.25, 0.3) is 0 Å². The van der Waals surface area contributed by atoms with Gasteiger partial charge in [-0.1, -0.05) is 12.1 Å². The van der Waals surface area contributed by atoms with Gasteiger partial charge in [-0.2, -0.15) is 0 Å². The van der Waals surface area contributed by atoms with Crippen molar-refractivity contribution in [2.45, 2.75) is 6.54 Å². The number of anilines is 1. The number of nitrogens with one attached hydrogen (secondary N) is 2. The van der Waals surface area contributed by atoms with Crippen molar-refractivity contribution in [2.75, 3.05) is 5.32 Å². The van der Waals surface area contributed by atoms with Gasteiger partial charge < -0.3 is 20.5 Å². The second-order valence-electron chi connectivity index (χ2n) is 4.98. The van der Waals surface area contributed by atoms with E-state index in [1.165, 1.54) is 24.3 Å². The fourth-order valence-electron chi connectivity index (χ4n) is 2.18. The Hall–Kier alpha value is -3.35. The van der Waals surface area contributed by atoms with Crippen molar-refractivity contribution in [3.63, 3.8) is 0 Å². The summed E-state index contributed by atoms with van der Waals surface area (Å²) in [5.74, 6) is -1.43. The molecule has 0 amide bonds. The van der Waals surface area contributed by atoms with E-state index in [9.17, 15) is 9.59 Å². The van der Waals surface area contributed by atoms with Crippen molar-refractivity contribution in [3.8, 4) is 0 Å². The second-order valence-corrected chi connectivity index (χ2v) is 4.98. The van der Waals surface area contributed by atoms with Crippen LogP contribution in [0.5, 0.6) is 0 Å². The van der Waals surface area contributed by atoms with Crippen LogP contribution in [0.3, 0.4) is 0 Å². The Balaban J connectivity index is 1.74. The van der Waals surface area contributed by atoms with Crippen LogP contribution in [0, 0.1) is 0 Å². The van der Waals surface area contributed by atoms with Crippen molar-refractivity contribution in [1.29, 1.82) is 0 Å². The molecule has 0 aliphatic carbocycles. The fraction of sp³-hybridized carbons (Fsp3) is 0.0625. The summed E-state index contributed by atoms with van der Waals surface area (Å²) in [5.41, 5.74) is 2.63. The van der Waals surface area contributed by atoms with Crippen LogP contribution >= 0.6 is 0 Å². The van der Waals surface area contributed by atoms with Crippen molar-refractivity contribution >= 4 is 28.9 Å². The quantitative estimate of drug-likeness (QED) is 0.575. The molecule has 116 valence electrons. The molecule has 0 aliphatic rings. The van der Waals surface area contributed by atoms with Crippen LogP contribution in [-0.2, 0) is 6.54 Å². The fourth-order valence-corrected chi connectivity index (χ4v) is 2.18. The molecule has 1 aromatic heterocycles. The SMILES string of the molecule is O=C(O)c1ccc(CNc2nc3ccc(C(=O)O)cc3[nH]2)cc1. The predicted octanol–water partition coefficient (Wildman–Crippen LogP) is 2.57. The number of fused-ring (bicyclic) bond motifs is 1. The maximum Gasteiger partial charge on any atom is 0.335 e. The number of carbonyl (C=O) groups is 2. The van der Waals surface area contributed by atoms with Gasteiger partial charge in [0.2, 0.25) is 5.95 Å². The van der Waals surface area contributed by atoms with Gasteiger partial charge >= 0.3 is 11.9 Å². The molecular weight excluding hydrogens is 298 g/mol. The highest BCUT2D eigenvalue weighted by Crippen LogP contribution is 2.17. The van der Waals surface area contributed by atoms with Crippen molar-refractivity contribution < 1.29 is 19.8 Å². The zero-order valence-corrected chi connectivity index (χ0v) is 11.9. The van der Waals surface area contributed by atoms with E-state index in [-0.39, 0.29) is 11.1 Å². The van der Waals surface area contributed by atoms with Crippen LogP contribution < -0.4 is 5.32 Å². The zero-order valence-electron chi connectivity index (χ0n) is 11.9. The molecule has 1 heterocycles. The number of aromatic amines is 1. The van der Waals surface area contributed by atoms with Crippen LogP contribution in [-0.4, -0.2) is 32.1 Å². The first-order chi connectivity index (χ1) is 11.0. The second kappa shape index (κ2) is 5.80. The topological polar surface area (TPSA) is 115 Å². The standard InChI is InChI=1S/C16H13N3O4/c20-14(21)10-3-1-9(2-4-10)8-17-16-18-12-6-5-11(15(22)23)7-13(12)19-16/h1-7H,8H2,(H,20,21)(H,22,23)(H2,17,18,19). The number of nitrogens with zero attached hydrogens (tertiary/aromatic N) is 1. The highest BCUT2D eigenvalue weighted by Gasteiger charge is 2.07. The van der Waals surface area contributed by atoms with E-state index in [1.807, 2.05) is 0 Å². The number of hydrogen-bond acceptors (Lipinski definition) is 4. The smallest absolute Gasteiger partial charge is 0.335 e. The molecule has 0 saturated heterocycles. The van der Waals surface area contributed by atoms with Crippen molar-refractivity contribution in [3.05, 3.63) is 59.2 Å². The number of H-pyrrole nitrogens is 1. The third kappa shape index (κ3) is 3.13. The van der Waals surface area contributed by atoms with Crippen LogP contribution in [0.4, 0.5) is 5.95 Å². The number of rotatable bonds is 5. The van der Waals surface area contributed by atoms with E-state index >= 15 is 0 Å². The van der Waals surface area contributed by atoms with Gasteiger partial charge in [0.1, 0.15) is 0 Å². The monoisotopic (exact) mass is 311 g/mol. The Morgan fingerprint density at radius 2 is 1.65 bits per heavy atom. The van der Waals surface area contributed by atoms with Gasteiger partial charge in [0, 0.05) is 6.54 Å². The molecule has 0 fully saturated rings. The third-order valence-corrected chi connectivity index (χ3v) is 3.39. The van der Waals surface area contributed by atoms with Gasteiger partial charge in [-0.05, 0) is 35.9 Å². The van der Waals surface area contributed by atoms with Crippen LogP contribution in [0.15, 0.2) is 42.5 Å². The molecule has 0 atom stereocenters. The molecule has 7 nitrogen and oxygen atoms in total. The summed E-state index contributed by atoms with van der Waals surface area (Å²) < 4.78 is 0. The molecule has 2 aromatic carbocycles. The van der Waals surface area contributed by atoms with Gasteiger partial charge in [0.15, 0.2) is 0 Å². The van der Waals surface area contributed by atoms with Crippen molar-refractivity contribution in [2.24, 2.45) is 0 Å². The molecule has 23 heavy (non-hydrogen) atoms. The summed E-state index contributed by atoms with van der Waals surface area (Å²) in [6.07, 6.45) is 0. The summed E-state index contributed by atoms with van der Waals surface area (Å²) in [6.45, 7) is 0.464. The summed E-state index contributed by atoms with van der Waals surface area (Å²) in [7, 11) is 0. The van der Waals surface area contributed by atoms with Crippen LogP contribution in [0.1, 0.15) is 26.3 Å². The molecule has 0 bridgehead atoms. The number of aromatic carboxylic acids is 2. The number of aromatic nitrogens is 2. The predicted molar refractivity (Wildman–Crippen MR) is 83.8 cm³/mol. The first-order valence-electron chi connectivity index (χ1n) is 6.82. The molecule has 3 aromatic rings. The van der Waals surface area contributed by atoms with E-state index < -0.39 is 11.9 Å². The average molecular weight is 311 g/mol. The minimum absolute atomic E-state index is 0.192. The zero-order chi connectivity index (χ0) is 16.4. The van der Waals surface area contributed by atoms with E-state index in [4.69, 9.17) is 10.2 Å². The third-order valence-electron chi connectivity index (χ3n) is 3.39. The van der Waals surface area contributed by atoms with E-state index in [2.05, 4.69) is 15.3 Å². The largest absolute Gasteiger partial charge is 0.478 e. The van der Waals surface area contributed by atoms with E-state index in [0.29, 0.717) is 23.5 Å². The summed E-state index contributed by atoms with van der Waals surface area (Å²) >= 11 is 0. The number of carboxylic acids is 2. The Bertz CT molecular complexity index is 884. The highest BCUT2D eigenvalue weighted by molar-refractivity contribution is 5.92. The molecule has 0 saturated carbocycles. The molecule has 0 aliphatic heterocycles. The lowest BCUT2D eigenvalue weighted by Crippen LogP contribution is -2.02. The number of imidazole rings is 1. The van der Waals surface area contributed by atoms with Crippen LogP contribution in [0.2, 0.25) is 0 Å². The summed E-state index contributed by atoms with van der Waals surface area (Å²) in [4.78, 5) is 29.1. The molecule has 4 N–H and O–H groups in total. The van der Waals surface area contributed by atoms with Gasteiger partial charge in [-0.15, -0.1) is 0 Å². The first-order valence-corrected chi connectivity index (χ1v) is 6.82. The Labute approximate surface area is 130 Å². The maximum atomic E-state index is 10.9. The maximum absolute atomic E-state index is 10.9. The molecular formula is C16H13N3O4. The lowest BCUT2D eigenvalue weighted by molar-refractivity contribution is 0.0686. The molecule has 0 unspecified atom stereocenters. The summed E-state index contributed by atoms with van der Waals surface area (Å²) in [5, 5.41) is 20.9. The number of hydrogen-bond donors (Lipinski definition) is 4. The minimum Gasteiger partial charge on any atom is -0.478 e. The van der Waals surface area contributed by atoms with Gasteiger partial charge in [0.05, 0.1) is 22.2 Å². The molecule has 3 rings (SSSR count).